The van der Waals surface area contributed by atoms with Crippen LogP contribution in [0.1, 0.15) is 47.7 Å². The van der Waals surface area contributed by atoms with Crippen molar-refractivity contribution >= 4 is 11.6 Å². The molecule has 0 aliphatic carbocycles. The summed E-state index contributed by atoms with van der Waals surface area (Å²) in [5, 5.41) is 5.52. The second-order valence-corrected chi connectivity index (χ2v) is 8.25. The minimum Gasteiger partial charge on any atom is -0.378 e. The van der Waals surface area contributed by atoms with E-state index in [1.165, 1.54) is 29.0 Å². The SMILES string of the molecule is CCCn1cc(C(=O)NCc2cccc(C(F)F)c2F)c(NC2CCN(C)CC2F)cc1=O. The van der Waals surface area contributed by atoms with E-state index in [9.17, 15) is 27.2 Å². The van der Waals surface area contributed by atoms with Crippen molar-refractivity contribution in [3.8, 4) is 0 Å². The average molecular weight is 468 g/mol. The topological polar surface area (TPSA) is 66.4 Å². The minimum absolute atomic E-state index is 0.0864. The highest BCUT2D eigenvalue weighted by atomic mass is 19.3. The fraction of sp³-hybridized carbons (Fsp3) is 0.478. The second kappa shape index (κ2) is 10.8. The third kappa shape index (κ3) is 5.93. The largest absolute Gasteiger partial charge is 0.378 e. The van der Waals surface area contributed by atoms with Gasteiger partial charge >= 0.3 is 0 Å². The van der Waals surface area contributed by atoms with E-state index in [-0.39, 0.29) is 35.5 Å². The van der Waals surface area contributed by atoms with E-state index in [2.05, 4.69) is 10.6 Å². The van der Waals surface area contributed by atoms with Gasteiger partial charge in [0, 0.05) is 44.0 Å². The Balaban J connectivity index is 1.85. The number of nitrogens with zero attached hydrogens (tertiary/aromatic N) is 2. The Morgan fingerprint density at radius 1 is 1.30 bits per heavy atom. The Labute approximate surface area is 189 Å². The van der Waals surface area contributed by atoms with Crippen molar-refractivity contribution < 1.29 is 22.4 Å². The van der Waals surface area contributed by atoms with Crippen LogP contribution in [0.15, 0.2) is 35.3 Å². The van der Waals surface area contributed by atoms with Gasteiger partial charge in [0.1, 0.15) is 12.0 Å². The van der Waals surface area contributed by atoms with Crippen LogP contribution in [-0.2, 0) is 13.1 Å². The van der Waals surface area contributed by atoms with E-state index in [0.717, 1.165) is 6.07 Å². The van der Waals surface area contributed by atoms with E-state index in [0.29, 0.717) is 25.9 Å². The van der Waals surface area contributed by atoms with Crippen LogP contribution in [0.5, 0.6) is 0 Å². The quantitative estimate of drug-likeness (QED) is 0.580. The highest BCUT2D eigenvalue weighted by Crippen LogP contribution is 2.24. The lowest BCUT2D eigenvalue weighted by atomic mass is 10.0. The van der Waals surface area contributed by atoms with Gasteiger partial charge in [-0.05, 0) is 19.9 Å². The van der Waals surface area contributed by atoms with E-state index in [4.69, 9.17) is 0 Å². The monoisotopic (exact) mass is 468 g/mol. The van der Waals surface area contributed by atoms with Crippen LogP contribution in [0.3, 0.4) is 0 Å². The van der Waals surface area contributed by atoms with Gasteiger partial charge in [0.15, 0.2) is 0 Å². The Morgan fingerprint density at radius 3 is 2.73 bits per heavy atom. The van der Waals surface area contributed by atoms with Gasteiger partial charge in [-0.1, -0.05) is 25.1 Å². The van der Waals surface area contributed by atoms with Gasteiger partial charge in [0.2, 0.25) is 0 Å². The van der Waals surface area contributed by atoms with Crippen LogP contribution in [0.4, 0.5) is 23.2 Å². The van der Waals surface area contributed by atoms with Gasteiger partial charge < -0.3 is 20.1 Å². The zero-order valence-electron chi connectivity index (χ0n) is 18.6. The molecular formula is C23H28F4N4O2. The normalized spacial score (nSPS) is 19.0. The van der Waals surface area contributed by atoms with Crippen molar-refractivity contribution in [1.29, 1.82) is 0 Å². The molecule has 33 heavy (non-hydrogen) atoms. The van der Waals surface area contributed by atoms with Crippen molar-refractivity contribution in [2.45, 2.75) is 51.5 Å². The highest BCUT2D eigenvalue weighted by Gasteiger charge is 2.29. The smallest absolute Gasteiger partial charge is 0.266 e. The van der Waals surface area contributed by atoms with Crippen molar-refractivity contribution in [1.82, 2.24) is 14.8 Å². The number of halogens is 4. The fourth-order valence-corrected chi connectivity index (χ4v) is 3.88. The van der Waals surface area contributed by atoms with Gasteiger partial charge in [0.25, 0.3) is 17.9 Å². The summed E-state index contributed by atoms with van der Waals surface area (Å²) in [7, 11) is 1.82. The fourth-order valence-electron chi connectivity index (χ4n) is 3.88. The zero-order valence-corrected chi connectivity index (χ0v) is 18.6. The Morgan fingerprint density at radius 2 is 2.06 bits per heavy atom. The van der Waals surface area contributed by atoms with Crippen LogP contribution >= 0.6 is 0 Å². The summed E-state index contributed by atoms with van der Waals surface area (Å²) in [5.74, 6) is -1.71. The first-order valence-electron chi connectivity index (χ1n) is 10.9. The number of rotatable bonds is 8. The number of aryl methyl sites for hydroxylation is 1. The number of hydrogen-bond acceptors (Lipinski definition) is 4. The first-order chi connectivity index (χ1) is 15.7. The predicted octanol–water partition coefficient (Wildman–Crippen LogP) is 3.72. The molecule has 6 nitrogen and oxygen atoms in total. The number of pyridine rings is 1. The number of carbonyl (C=O) groups excluding carboxylic acids is 1. The number of benzene rings is 1. The molecule has 0 saturated carbocycles. The maximum atomic E-state index is 14.5. The van der Waals surface area contributed by atoms with Crippen LogP contribution in [0, 0.1) is 5.82 Å². The third-order valence-electron chi connectivity index (χ3n) is 5.70. The molecule has 0 bridgehead atoms. The number of anilines is 1. The van der Waals surface area contributed by atoms with Crippen LogP contribution in [-0.4, -0.2) is 47.7 Å². The molecule has 2 atom stereocenters. The number of likely N-dealkylation sites (tertiary alicyclic amines) is 1. The maximum Gasteiger partial charge on any atom is 0.266 e. The van der Waals surface area contributed by atoms with Crippen molar-refractivity contribution in [2.24, 2.45) is 0 Å². The molecule has 0 radical (unpaired) electrons. The minimum atomic E-state index is -2.97. The lowest BCUT2D eigenvalue weighted by molar-refractivity contribution is 0.0950. The number of nitrogens with one attached hydrogen (secondary N) is 2. The summed E-state index contributed by atoms with van der Waals surface area (Å²) in [6.07, 6.45) is -1.64. The summed E-state index contributed by atoms with van der Waals surface area (Å²) >= 11 is 0. The van der Waals surface area contributed by atoms with E-state index < -0.39 is 35.9 Å². The molecule has 1 saturated heterocycles. The first kappa shape index (κ1) is 24.8. The number of piperidine rings is 1. The second-order valence-electron chi connectivity index (χ2n) is 8.25. The van der Waals surface area contributed by atoms with Gasteiger partial charge in [-0.25, -0.2) is 17.6 Å². The van der Waals surface area contributed by atoms with E-state index in [1.807, 2.05) is 18.9 Å². The number of alkyl halides is 3. The number of aromatic nitrogens is 1. The van der Waals surface area contributed by atoms with Crippen molar-refractivity contribution in [2.75, 3.05) is 25.5 Å². The molecule has 1 aliphatic rings. The molecule has 2 aromatic rings. The maximum absolute atomic E-state index is 14.5. The molecule has 1 aromatic carbocycles. The standard InChI is InChI=1S/C23H28F4N4O2/c1-3-8-31-12-16(19(10-20(31)32)29-18-7-9-30(2)13-17(18)24)23(33)28-11-14-5-4-6-15(21(14)25)22(26)27/h4-6,10,12,17-18,22,29H,3,7-9,11,13H2,1-2H3,(H,28,33). The van der Waals surface area contributed by atoms with Gasteiger partial charge in [-0.15, -0.1) is 0 Å². The Bertz CT molecular complexity index is 1040. The lowest BCUT2D eigenvalue weighted by Gasteiger charge is -2.33. The average Bonchev–Trinajstić information content (AvgIpc) is 2.76. The van der Waals surface area contributed by atoms with Gasteiger partial charge in [-0.2, -0.15) is 0 Å². The molecule has 10 heteroatoms. The molecule has 2 heterocycles. The summed E-state index contributed by atoms with van der Waals surface area (Å²) < 4.78 is 56.2. The van der Waals surface area contributed by atoms with E-state index >= 15 is 0 Å². The van der Waals surface area contributed by atoms with Crippen LogP contribution < -0.4 is 16.2 Å². The van der Waals surface area contributed by atoms with E-state index in [1.54, 1.807) is 0 Å². The molecule has 1 amide bonds. The molecule has 3 rings (SSSR count). The Kier molecular flexibility index (Phi) is 8.12. The molecule has 2 N–H and O–H groups in total. The zero-order chi connectivity index (χ0) is 24.1. The third-order valence-corrected chi connectivity index (χ3v) is 5.70. The van der Waals surface area contributed by atoms with Crippen molar-refractivity contribution in [3.63, 3.8) is 0 Å². The van der Waals surface area contributed by atoms with Gasteiger partial charge in [0.05, 0.1) is 22.9 Å². The molecule has 1 fully saturated rings. The molecular weight excluding hydrogens is 440 g/mol. The summed E-state index contributed by atoms with van der Waals surface area (Å²) in [5.41, 5.74) is -0.882. The summed E-state index contributed by atoms with van der Waals surface area (Å²) in [6.45, 7) is 2.82. The molecule has 1 aromatic heterocycles. The van der Waals surface area contributed by atoms with Crippen LogP contribution in [0.2, 0.25) is 0 Å². The Hall–Kier alpha value is -2.88. The van der Waals surface area contributed by atoms with Crippen molar-refractivity contribution in [3.05, 3.63) is 63.3 Å². The summed E-state index contributed by atoms with van der Waals surface area (Å²) in [4.78, 5) is 27.3. The predicted molar refractivity (Wildman–Crippen MR) is 118 cm³/mol. The molecule has 180 valence electrons. The number of carbonyl (C=O) groups is 1. The molecule has 0 spiro atoms. The highest BCUT2D eigenvalue weighted by molar-refractivity contribution is 5.99. The van der Waals surface area contributed by atoms with Gasteiger partial charge in [-0.3, -0.25) is 9.59 Å². The van der Waals surface area contributed by atoms with Crippen LogP contribution in [0.25, 0.3) is 0 Å². The number of hydrogen-bond donors (Lipinski definition) is 2. The molecule has 2 unspecified atom stereocenters. The first-order valence-corrected chi connectivity index (χ1v) is 10.9. The number of amides is 1. The molecule has 1 aliphatic heterocycles. The lowest BCUT2D eigenvalue weighted by Crippen LogP contribution is -2.46. The summed E-state index contributed by atoms with van der Waals surface area (Å²) in [6, 6.07) is 4.28.